The minimum absolute atomic E-state index is 0.0803. The summed E-state index contributed by atoms with van der Waals surface area (Å²) in [7, 11) is 0. The van der Waals surface area contributed by atoms with Gasteiger partial charge in [-0.15, -0.1) is 0 Å². The van der Waals surface area contributed by atoms with Crippen LogP contribution in [-0.4, -0.2) is 58.3 Å². The third kappa shape index (κ3) is 5.51. The third-order valence-corrected chi connectivity index (χ3v) is 8.22. The maximum absolute atomic E-state index is 16.0. The molecule has 4 aromatic rings. The predicted octanol–water partition coefficient (Wildman–Crippen LogP) is 6.15. The maximum Gasteiger partial charge on any atom is 0.155 e. The summed E-state index contributed by atoms with van der Waals surface area (Å²) < 4.78 is 53.2. The molecule has 6 rings (SSSR count). The lowest BCUT2D eigenvalue weighted by molar-refractivity contribution is 0.554. The Balaban J connectivity index is 1.42. The number of hydrogen-bond donors (Lipinski definition) is 2. The van der Waals surface area contributed by atoms with Crippen LogP contribution in [-0.2, 0) is 0 Å². The third-order valence-electron chi connectivity index (χ3n) is 7.07. The lowest BCUT2D eigenvalue weighted by Gasteiger charge is -2.29. The van der Waals surface area contributed by atoms with Gasteiger partial charge in [-0.05, 0) is 37.1 Å². The van der Waals surface area contributed by atoms with Crippen LogP contribution in [0.15, 0.2) is 55.0 Å². The molecule has 0 aliphatic carbocycles. The largest absolute Gasteiger partial charge is 0.367 e. The first kappa shape index (κ1) is 26.9. The summed E-state index contributed by atoms with van der Waals surface area (Å²) in [6.07, 6.45) is 6.88. The van der Waals surface area contributed by atoms with E-state index in [2.05, 4.69) is 24.4 Å². The van der Waals surface area contributed by atoms with Gasteiger partial charge in [-0.25, -0.2) is 22.2 Å². The van der Waals surface area contributed by atoms with Crippen LogP contribution in [0.25, 0.3) is 28.1 Å². The molecule has 2 aromatic carbocycles. The quantitative estimate of drug-likeness (QED) is 0.252. The molecule has 0 spiro atoms. The summed E-state index contributed by atoms with van der Waals surface area (Å²) in [4.78, 5) is 5.87. The van der Waals surface area contributed by atoms with Crippen molar-refractivity contribution in [2.75, 3.05) is 48.9 Å². The fraction of sp³-hybridized carbons (Fsp3) is 0.286. The fourth-order valence-electron chi connectivity index (χ4n) is 5.02. The van der Waals surface area contributed by atoms with Gasteiger partial charge in [0.05, 0.1) is 11.4 Å². The highest BCUT2D eigenvalue weighted by molar-refractivity contribution is 7.98. The molecule has 0 bridgehead atoms. The predicted molar refractivity (Wildman–Crippen MR) is 154 cm³/mol. The highest BCUT2D eigenvalue weighted by Crippen LogP contribution is 2.39. The van der Waals surface area contributed by atoms with E-state index in [1.165, 1.54) is 41.2 Å². The highest BCUT2D eigenvalue weighted by atomic mass is 35.5. The van der Waals surface area contributed by atoms with E-state index < -0.39 is 17.5 Å². The van der Waals surface area contributed by atoms with E-state index in [1.807, 2.05) is 4.90 Å². The van der Waals surface area contributed by atoms with Gasteiger partial charge in [-0.2, -0.15) is 5.10 Å². The summed E-state index contributed by atoms with van der Waals surface area (Å²) in [6.45, 7) is 4.38. The minimum Gasteiger partial charge on any atom is -0.367 e. The van der Waals surface area contributed by atoms with Crippen LogP contribution in [0.2, 0.25) is 5.02 Å². The van der Waals surface area contributed by atoms with E-state index in [0.717, 1.165) is 32.0 Å². The molecule has 0 radical (unpaired) electrons. The molecule has 40 heavy (non-hydrogen) atoms. The molecule has 2 saturated heterocycles. The minimum atomic E-state index is -0.638. The molecule has 2 aromatic heterocycles. The van der Waals surface area contributed by atoms with E-state index >= 15 is 13.2 Å². The molecule has 7 nitrogen and oxygen atoms in total. The number of nitrogens with zero attached hydrogens (tertiary/aromatic N) is 5. The van der Waals surface area contributed by atoms with Crippen LogP contribution in [0.3, 0.4) is 0 Å². The summed E-state index contributed by atoms with van der Waals surface area (Å²) in [5, 5.41) is 8.13. The van der Waals surface area contributed by atoms with Crippen molar-refractivity contribution in [2.45, 2.75) is 12.8 Å². The Labute approximate surface area is 239 Å². The molecule has 0 atom stereocenters. The Morgan fingerprint density at radius 3 is 2.33 bits per heavy atom. The van der Waals surface area contributed by atoms with Gasteiger partial charge in [0.25, 0.3) is 0 Å². The van der Waals surface area contributed by atoms with Crippen LogP contribution in [0.1, 0.15) is 12.8 Å². The van der Waals surface area contributed by atoms with Gasteiger partial charge in [0, 0.05) is 104 Å². The lowest BCUT2D eigenvalue weighted by atomic mass is 10.0. The van der Waals surface area contributed by atoms with Crippen molar-refractivity contribution in [1.82, 2.24) is 24.4 Å². The average molecular weight is 586 g/mol. The molecule has 4 heterocycles. The van der Waals surface area contributed by atoms with E-state index in [4.69, 9.17) is 11.6 Å². The molecule has 2 aliphatic rings. The van der Waals surface area contributed by atoms with Crippen molar-refractivity contribution >= 4 is 35.1 Å². The molecule has 2 N–H and O–H groups in total. The number of piperazine rings is 1. The standard InChI is InChI=1S/C28H27ClF3N7S/c29-19-13-20(27(32)24(14-19)36-40-38-9-1-2-10-38)21-17-39(35-28(21)18-3-5-33-6-4-18)26-16-22(30)25(15-23(26)31)37-11-7-34-8-12-37/h3-6,13-17,34,36H,1-2,7-12H2. The zero-order chi connectivity index (χ0) is 27.6. The van der Waals surface area contributed by atoms with Gasteiger partial charge in [-0.3, -0.25) is 4.98 Å². The van der Waals surface area contributed by atoms with E-state index in [0.29, 0.717) is 48.0 Å². The average Bonchev–Trinajstić information content (AvgIpc) is 3.66. The summed E-state index contributed by atoms with van der Waals surface area (Å²) in [5.41, 5.74) is 1.94. The normalized spacial score (nSPS) is 16.1. The van der Waals surface area contributed by atoms with Crippen molar-refractivity contribution < 1.29 is 13.2 Å². The summed E-state index contributed by atoms with van der Waals surface area (Å²) >= 11 is 7.78. The first-order valence-electron chi connectivity index (χ1n) is 13.1. The highest BCUT2D eigenvalue weighted by Gasteiger charge is 2.24. The van der Waals surface area contributed by atoms with Gasteiger partial charge in [0.15, 0.2) is 11.6 Å². The molecule has 208 valence electrons. The fourth-order valence-corrected chi connectivity index (χ4v) is 6.05. The first-order chi connectivity index (χ1) is 19.5. The van der Waals surface area contributed by atoms with Crippen LogP contribution in [0.5, 0.6) is 0 Å². The number of nitrogens with one attached hydrogen (secondary N) is 2. The lowest BCUT2D eigenvalue weighted by Crippen LogP contribution is -2.44. The number of anilines is 2. The SMILES string of the molecule is Fc1cc(-n2cc(-c3cc(Cl)cc(NSN4CCCC4)c3F)c(-c3ccncc3)n2)c(F)cc1N1CCNCC1. The van der Waals surface area contributed by atoms with E-state index in [-0.39, 0.29) is 22.6 Å². The molecule has 2 aliphatic heterocycles. The van der Waals surface area contributed by atoms with Crippen molar-refractivity contribution in [3.05, 3.63) is 77.5 Å². The Hall–Kier alpha value is -3.25. The van der Waals surface area contributed by atoms with Crippen molar-refractivity contribution in [3.63, 3.8) is 0 Å². The number of benzene rings is 2. The Morgan fingerprint density at radius 1 is 0.875 bits per heavy atom. The number of rotatable bonds is 7. The maximum atomic E-state index is 16.0. The molecule has 0 amide bonds. The monoisotopic (exact) mass is 585 g/mol. The molecule has 2 fully saturated rings. The zero-order valence-electron chi connectivity index (χ0n) is 21.5. The topological polar surface area (TPSA) is 61.3 Å². The van der Waals surface area contributed by atoms with Gasteiger partial charge in [0.2, 0.25) is 0 Å². The molecule has 0 saturated carbocycles. The molecular weight excluding hydrogens is 559 g/mol. The van der Waals surface area contributed by atoms with Crippen LogP contribution < -0.4 is 14.9 Å². The number of halogens is 4. The summed E-state index contributed by atoms with van der Waals surface area (Å²) in [5.74, 6) is -1.71. The van der Waals surface area contributed by atoms with Gasteiger partial charge < -0.3 is 14.9 Å². The van der Waals surface area contributed by atoms with Crippen LogP contribution >= 0.6 is 23.7 Å². The second kappa shape index (κ2) is 11.7. The Morgan fingerprint density at radius 2 is 1.57 bits per heavy atom. The Kier molecular flexibility index (Phi) is 7.88. The number of pyridine rings is 1. The first-order valence-corrected chi connectivity index (χ1v) is 14.3. The number of hydrogen-bond acceptors (Lipinski definition) is 7. The van der Waals surface area contributed by atoms with Gasteiger partial charge in [-0.1, -0.05) is 11.6 Å². The second-order valence-corrected chi connectivity index (χ2v) is 11.0. The molecule has 12 heteroatoms. The Bertz CT molecular complexity index is 1510. The summed E-state index contributed by atoms with van der Waals surface area (Å²) in [6, 6.07) is 8.83. The van der Waals surface area contributed by atoms with Crippen LogP contribution in [0.4, 0.5) is 24.5 Å². The van der Waals surface area contributed by atoms with Crippen molar-refractivity contribution in [2.24, 2.45) is 0 Å². The van der Waals surface area contributed by atoms with Crippen molar-refractivity contribution in [1.29, 1.82) is 0 Å². The second-order valence-electron chi connectivity index (χ2n) is 9.71. The van der Waals surface area contributed by atoms with E-state index in [9.17, 15) is 0 Å². The van der Waals surface area contributed by atoms with Gasteiger partial charge >= 0.3 is 0 Å². The molecule has 0 unspecified atom stereocenters. The van der Waals surface area contributed by atoms with E-state index in [1.54, 1.807) is 24.5 Å². The molecular formula is C28H27ClF3N7S. The van der Waals surface area contributed by atoms with Crippen molar-refractivity contribution in [3.8, 4) is 28.1 Å². The van der Waals surface area contributed by atoms with Gasteiger partial charge in [0.1, 0.15) is 17.2 Å². The zero-order valence-corrected chi connectivity index (χ0v) is 23.1. The smallest absolute Gasteiger partial charge is 0.155 e. The van der Waals surface area contributed by atoms with Crippen LogP contribution in [0, 0.1) is 17.5 Å². The number of aromatic nitrogens is 3.